The third-order valence-corrected chi connectivity index (χ3v) is 2.66. The first kappa shape index (κ1) is 13.1. The quantitative estimate of drug-likeness (QED) is 0.880. The number of amides is 1. The van der Waals surface area contributed by atoms with Crippen LogP contribution in [0.25, 0.3) is 0 Å². The number of hydrogen-bond donors (Lipinski definition) is 2. The van der Waals surface area contributed by atoms with E-state index >= 15 is 0 Å². The maximum Gasteiger partial charge on any atom is 0.267 e. The highest BCUT2D eigenvalue weighted by atomic mass is 35.5. The minimum atomic E-state index is -0.409. The number of hydrogen-bond acceptors (Lipinski definition) is 4. The van der Waals surface area contributed by atoms with Gasteiger partial charge >= 0.3 is 0 Å². The van der Waals surface area contributed by atoms with Gasteiger partial charge in [-0.1, -0.05) is 23.7 Å². The molecule has 0 radical (unpaired) electrons. The van der Waals surface area contributed by atoms with Crippen molar-refractivity contribution in [3.05, 3.63) is 51.8 Å². The average Bonchev–Trinajstić information content (AvgIpc) is 2.37. The van der Waals surface area contributed by atoms with Crippen molar-refractivity contribution in [2.45, 2.75) is 6.54 Å². The Bertz CT molecular complexity index is 669. The highest BCUT2D eigenvalue weighted by Gasteiger charge is 2.08. The van der Waals surface area contributed by atoms with Gasteiger partial charge in [0.1, 0.15) is 12.4 Å². The molecule has 0 spiro atoms. The van der Waals surface area contributed by atoms with Crippen LogP contribution in [0.1, 0.15) is 0 Å². The van der Waals surface area contributed by atoms with E-state index in [0.29, 0.717) is 10.7 Å². The summed E-state index contributed by atoms with van der Waals surface area (Å²) in [6.45, 7) is -0.227. The molecule has 0 saturated heterocycles. The van der Waals surface area contributed by atoms with E-state index in [-0.39, 0.29) is 12.4 Å². The minimum absolute atomic E-state index is 0.171. The van der Waals surface area contributed by atoms with E-state index in [1.807, 2.05) is 0 Å². The maximum absolute atomic E-state index is 11.8. The topological polar surface area (TPSA) is 90.0 Å². The third kappa shape index (κ3) is 3.32. The summed E-state index contributed by atoms with van der Waals surface area (Å²) in [6, 6.07) is 9.45. The van der Waals surface area contributed by atoms with Crippen molar-refractivity contribution in [1.82, 2.24) is 9.78 Å². The van der Waals surface area contributed by atoms with E-state index < -0.39 is 11.5 Å². The van der Waals surface area contributed by atoms with Gasteiger partial charge in [0, 0.05) is 6.07 Å². The number of anilines is 2. The second-order valence-corrected chi connectivity index (χ2v) is 4.19. The van der Waals surface area contributed by atoms with Crippen LogP contribution in [-0.2, 0) is 11.3 Å². The molecular weight excluding hydrogens is 268 g/mol. The van der Waals surface area contributed by atoms with Gasteiger partial charge in [0.05, 0.1) is 10.7 Å². The number of para-hydroxylation sites is 1. The Labute approximate surface area is 113 Å². The van der Waals surface area contributed by atoms with Gasteiger partial charge in [-0.15, -0.1) is 0 Å². The lowest BCUT2D eigenvalue weighted by Crippen LogP contribution is -2.29. The molecule has 98 valence electrons. The van der Waals surface area contributed by atoms with Gasteiger partial charge < -0.3 is 11.1 Å². The zero-order valence-corrected chi connectivity index (χ0v) is 10.6. The monoisotopic (exact) mass is 278 g/mol. The molecule has 0 aliphatic heterocycles. The summed E-state index contributed by atoms with van der Waals surface area (Å²) in [6.07, 6.45) is 0. The summed E-state index contributed by atoms with van der Waals surface area (Å²) in [5, 5.41) is 6.78. The molecule has 0 aliphatic carbocycles. The molecule has 1 aromatic carbocycles. The van der Waals surface area contributed by atoms with E-state index in [9.17, 15) is 9.59 Å². The summed E-state index contributed by atoms with van der Waals surface area (Å²) in [5.74, 6) is -0.238. The van der Waals surface area contributed by atoms with Crippen LogP contribution in [0.15, 0.2) is 41.2 Å². The van der Waals surface area contributed by atoms with Crippen LogP contribution in [0.5, 0.6) is 0 Å². The first-order valence-electron chi connectivity index (χ1n) is 5.44. The number of nitrogen functional groups attached to an aromatic ring is 1. The van der Waals surface area contributed by atoms with Gasteiger partial charge in [-0.05, 0) is 18.2 Å². The SMILES string of the molecule is Nc1ccc(=O)n(CC(=O)Nc2ccccc2Cl)n1. The lowest BCUT2D eigenvalue weighted by Gasteiger charge is -2.08. The van der Waals surface area contributed by atoms with Crippen molar-refractivity contribution in [3.63, 3.8) is 0 Å². The molecule has 0 unspecified atom stereocenters. The molecule has 1 amide bonds. The van der Waals surface area contributed by atoms with Crippen molar-refractivity contribution in [1.29, 1.82) is 0 Å². The standard InChI is InChI=1S/C12H11ClN4O2/c13-8-3-1-2-4-9(8)15-11(18)7-17-12(19)6-5-10(14)16-17/h1-6H,7H2,(H2,14,16)(H,15,18). The molecule has 2 aromatic rings. The van der Waals surface area contributed by atoms with E-state index in [1.165, 1.54) is 12.1 Å². The van der Waals surface area contributed by atoms with E-state index in [4.69, 9.17) is 17.3 Å². The largest absolute Gasteiger partial charge is 0.382 e. The van der Waals surface area contributed by atoms with Crippen molar-refractivity contribution in [2.24, 2.45) is 0 Å². The van der Waals surface area contributed by atoms with Gasteiger partial charge in [-0.2, -0.15) is 5.10 Å². The van der Waals surface area contributed by atoms with Gasteiger partial charge in [-0.25, -0.2) is 4.68 Å². The number of aromatic nitrogens is 2. The van der Waals surface area contributed by atoms with E-state index in [0.717, 1.165) is 4.68 Å². The molecule has 6 nitrogen and oxygen atoms in total. The van der Waals surface area contributed by atoms with Crippen LogP contribution in [0.2, 0.25) is 5.02 Å². The van der Waals surface area contributed by atoms with Crippen molar-refractivity contribution < 1.29 is 4.79 Å². The molecule has 0 saturated carbocycles. The van der Waals surface area contributed by atoms with Crippen LogP contribution in [0, 0.1) is 0 Å². The summed E-state index contributed by atoms with van der Waals surface area (Å²) in [4.78, 5) is 23.3. The maximum atomic E-state index is 11.8. The molecule has 0 aliphatic rings. The fourth-order valence-electron chi connectivity index (χ4n) is 1.47. The summed E-state index contributed by atoms with van der Waals surface area (Å²) >= 11 is 5.91. The minimum Gasteiger partial charge on any atom is -0.382 e. The van der Waals surface area contributed by atoms with Gasteiger partial charge in [0.2, 0.25) is 5.91 Å². The van der Waals surface area contributed by atoms with Gasteiger partial charge in [0.15, 0.2) is 0 Å². The third-order valence-electron chi connectivity index (χ3n) is 2.33. The number of benzene rings is 1. The van der Waals surface area contributed by atoms with Crippen LogP contribution in [0.3, 0.4) is 0 Å². The van der Waals surface area contributed by atoms with Crippen LogP contribution in [0.4, 0.5) is 11.5 Å². The Morgan fingerprint density at radius 3 is 2.79 bits per heavy atom. The number of nitrogens with two attached hydrogens (primary N) is 1. The number of nitrogens with one attached hydrogen (secondary N) is 1. The Balaban J connectivity index is 2.12. The smallest absolute Gasteiger partial charge is 0.267 e. The van der Waals surface area contributed by atoms with Crippen LogP contribution < -0.4 is 16.6 Å². The molecule has 7 heteroatoms. The van der Waals surface area contributed by atoms with Gasteiger partial charge in [-0.3, -0.25) is 9.59 Å². The summed E-state index contributed by atoms with van der Waals surface area (Å²) in [7, 11) is 0. The number of carbonyl (C=O) groups is 1. The van der Waals surface area contributed by atoms with Crippen molar-refractivity contribution in [2.75, 3.05) is 11.1 Å². The molecular formula is C12H11ClN4O2. The average molecular weight is 279 g/mol. The first-order valence-corrected chi connectivity index (χ1v) is 5.82. The summed E-state index contributed by atoms with van der Waals surface area (Å²) < 4.78 is 0.988. The molecule has 0 bridgehead atoms. The Hall–Kier alpha value is -2.34. The predicted octanol–water partition coefficient (Wildman–Crippen LogP) is 1.12. The summed E-state index contributed by atoms with van der Waals surface area (Å²) in [5.41, 5.74) is 5.53. The molecule has 19 heavy (non-hydrogen) atoms. The van der Waals surface area contributed by atoms with Crippen LogP contribution >= 0.6 is 11.6 Å². The second kappa shape index (κ2) is 5.53. The molecule has 0 atom stereocenters. The highest BCUT2D eigenvalue weighted by molar-refractivity contribution is 6.33. The molecule has 2 rings (SSSR count). The first-order chi connectivity index (χ1) is 9.06. The van der Waals surface area contributed by atoms with E-state index in [1.54, 1.807) is 24.3 Å². The Kier molecular flexibility index (Phi) is 3.82. The lowest BCUT2D eigenvalue weighted by atomic mass is 10.3. The molecule has 1 aromatic heterocycles. The van der Waals surface area contributed by atoms with Gasteiger partial charge in [0.25, 0.3) is 5.56 Å². The Morgan fingerprint density at radius 2 is 2.05 bits per heavy atom. The fraction of sp³-hybridized carbons (Fsp3) is 0.0833. The number of nitrogens with zero attached hydrogens (tertiary/aromatic N) is 2. The lowest BCUT2D eigenvalue weighted by molar-refractivity contribution is -0.117. The molecule has 1 heterocycles. The zero-order valence-electron chi connectivity index (χ0n) is 9.84. The van der Waals surface area contributed by atoms with E-state index in [2.05, 4.69) is 10.4 Å². The second-order valence-electron chi connectivity index (χ2n) is 3.78. The predicted molar refractivity (Wildman–Crippen MR) is 73.0 cm³/mol. The fourth-order valence-corrected chi connectivity index (χ4v) is 1.65. The number of rotatable bonds is 3. The molecule has 0 fully saturated rings. The normalized spacial score (nSPS) is 10.2. The highest BCUT2D eigenvalue weighted by Crippen LogP contribution is 2.20. The Morgan fingerprint density at radius 1 is 1.32 bits per heavy atom. The molecule has 3 N–H and O–H groups in total. The van der Waals surface area contributed by atoms with Crippen molar-refractivity contribution in [3.8, 4) is 0 Å². The number of halogens is 1. The van der Waals surface area contributed by atoms with Crippen LogP contribution in [-0.4, -0.2) is 15.7 Å². The zero-order chi connectivity index (χ0) is 13.8. The number of carbonyl (C=O) groups excluding carboxylic acids is 1. The van der Waals surface area contributed by atoms with Crippen molar-refractivity contribution >= 4 is 29.0 Å².